The number of tetrazole rings is 1. The van der Waals surface area contributed by atoms with Gasteiger partial charge >= 0.3 is 0 Å². The van der Waals surface area contributed by atoms with E-state index in [1.807, 2.05) is 0 Å². The first-order chi connectivity index (χ1) is 10.6. The lowest BCUT2D eigenvalue weighted by molar-refractivity contribution is 0.140. The first-order valence-electron chi connectivity index (χ1n) is 6.44. The average molecular weight is 303 g/mol. The van der Waals surface area contributed by atoms with Crippen LogP contribution in [-0.2, 0) is 6.54 Å². The molecule has 22 heavy (non-hydrogen) atoms. The highest BCUT2D eigenvalue weighted by atomic mass is 19.1. The molecule has 2 aromatic heterocycles. The summed E-state index contributed by atoms with van der Waals surface area (Å²) < 4.78 is 26.7. The quantitative estimate of drug-likeness (QED) is 0.794. The minimum Gasteiger partial charge on any atom is -0.386 e. The SMILES string of the molecule is O[C@@H](Cn1nnc(-c2cccnc2)n1)c1cc(F)ccc1F. The van der Waals surface area contributed by atoms with E-state index in [1.165, 1.54) is 0 Å². The zero-order valence-corrected chi connectivity index (χ0v) is 11.3. The van der Waals surface area contributed by atoms with Gasteiger partial charge in [0, 0.05) is 23.5 Å². The van der Waals surface area contributed by atoms with Crippen LogP contribution < -0.4 is 0 Å². The molecule has 1 atom stereocenters. The second-order valence-electron chi connectivity index (χ2n) is 4.59. The largest absolute Gasteiger partial charge is 0.386 e. The van der Waals surface area contributed by atoms with E-state index in [0.29, 0.717) is 11.4 Å². The molecule has 0 saturated carbocycles. The third-order valence-electron chi connectivity index (χ3n) is 3.03. The van der Waals surface area contributed by atoms with Crippen molar-refractivity contribution in [3.63, 3.8) is 0 Å². The monoisotopic (exact) mass is 303 g/mol. The van der Waals surface area contributed by atoms with Gasteiger partial charge in [-0.05, 0) is 35.5 Å². The van der Waals surface area contributed by atoms with Gasteiger partial charge in [0.1, 0.15) is 17.7 Å². The Labute approximate surface area is 124 Å². The van der Waals surface area contributed by atoms with Crippen molar-refractivity contribution in [1.29, 1.82) is 0 Å². The van der Waals surface area contributed by atoms with Gasteiger partial charge < -0.3 is 5.11 Å². The maximum atomic E-state index is 13.6. The highest BCUT2D eigenvalue weighted by Crippen LogP contribution is 2.20. The van der Waals surface area contributed by atoms with E-state index >= 15 is 0 Å². The van der Waals surface area contributed by atoms with Gasteiger partial charge in [0.2, 0.25) is 5.82 Å². The average Bonchev–Trinajstić information content (AvgIpc) is 2.99. The minimum absolute atomic E-state index is 0.145. The van der Waals surface area contributed by atoms with Crippen LogP contribution in [0.1, 0.15) is 11.7 Å². The van der Waals surface area contributed by atoms with Crippen molar-refractivity contribution in [1.82, 2.24) is 25.2 Å². The van der Waals surface area contributed by atoms with Crippen LogP contribution in [0.15, 0.2) is 42.7 Å². The Morgan fingerprint density at radius 1 is 1.23 bits per heavy atom. The highest BCUT2D eigenvalue weighted by Gasteiger charge is 2.16. The van der Waals surface area contributed by atoms with Crippen LogP contribution in [0.5, 0.6) is 0 Å². The van der Waals surface area contributed by atoms with Crippen LogP contribution in [-0.4, -0.2) is 30.3 Å². The molecule has 0 aliphatic carbocycles. The second kappa shape index (κ2) is 5.94. The van der Waals surface area contributed by atoms with Gasteiger partial charge in [-0.25, -0.2) is 8.78 Å². The van der Waals surface area contributed by atoms with E-state index in [2.05, 4.69) is 20.4 Å². The lowest BCUT2D eigenvalue weighted by Gasteiger charge is -2.10. The summed E-state index contributed by atoms with van der Waals surface area (Å²) in [6.07, 6.45) is 1.90. The number of aliphatic hydroxyl groups excluding tert-OH is 1. The van der Waals surface area contributed by atoms with Crippen molar-refractivity contribution in [3.05, 3.63) is 59.9 Å². The van der Waals surface area contributed by atoms with Crippen molar-refractivity contribution >= 4 is 0 Å². The molecule has 112 valence electrons. The molecule has 0 amide bonds. The molecule has 0 unspecified atom stereocenters. The number of hydrogen-bond donors (Lipinski definition) is 1. The summed E-state index contributed by atoms with van der Waals surface area (Å²) in [5, 5.41) is 21.7. The van der Waals surface area contributed by atoms with Gasteiger partial charge in [-0.1, -0.05) is 0 Å². The van der Waals surface area contributed by atoms with Gasteiger partial charge in [0.05, 0.1) is 6.54 Å². The van der Waals surface area contributed by atoms with Crippen molar-refractivity contribution in [2.75, 3.05) is 0 Å². The zero-order chi connectivity index (χ0) is 15.5. The normalized spacial score (nSPS) is 12.3. The van der Waals surface area contributed by atoms with Gasteiger partial charge in [-0.15, -0.1) is 10.2 Å². The van der Waals surface area contributed by atoms with Crippen LogP contribution in [0.3, 0.4) is 0 Å². The molecular weight excluding hydrogens is 292 g/mol. The lowest BCUT2D eigenvalue weighted by Crippen LogP contribution is -2.13. The number of halogens is 2. The molecule has 3 aromatic rings. The van der Waals surface area contributed by atoms with E-state index in [1.54, 1.807) is 24.5 Å². The number of benzene rings is 1. The number of rotatable bonds is 4. The molecule has 3 rings (SSSR count). The van der Waals surface area contributed by atoms with Gasteiger partial charge in [0.15, 0.2) is 0 Å². The summed E-state index contributed by atoms with van der Waals surface area (Å²) in [7, 11) is 0. The molecule has 0 aliphatic heterocycles. The molecule has 0 fully saturated rings. The Bertz CT molecular complexity index is 778. The summed E-state index contributed by atoms with van der Waals surface area (Å²) in [5.41, 5.74) is 0.514. The van der Waals surface area contributed by atoms with Crippen LogP contribution in [0.4, 0.5) is 8.78 Å². The molecule has 0 radical (unpaired) electrons. The Morgan fingerprint density at radius 3 is 2.86 bits per heavy atom. The van der Waals surface area contributed by atoms with E-state index in [0.717, 1.165) is 23.0 Å². The Balaban J connectivity index is 1.79. The highest BCUT2D eigenvalue weighted by molar-refractivity contribution is 5.51. The second-order valence-corrected chi connectivity index (χ2v) is 4.59. The van der Waals surface area contributed by atoms with Crippen LogP contribution in [0.25, 0.3) is 11.4 Å². The van der Waals surface area contributed by atoms with Crippen molar-refractivity contribution in [3.8, 4) is 11.4 Å². The predicted molar refractivity (Wildman–Crippen MR) is 72.4 cm³/mol. The van der Waals surface area contributed by atoms with Crippen LogP contribution in [0.2, 0.25) is 0 Å². The fraction of sp³-hybridized carbons (Fsp3) is 0.143. The predicted octanol–water partition coefficient (Wildman–Crippen LogP) is 1.75. The molecule has 0 bridgehead atoms. The molecule has 0 saturated heterocycles. The number of hydrogen-bond acceptors (Lipinski definition) is 5. The first-order valence-corrected chi connectivity index (χ1v) is 6.44. The molecule has 6 nitrogen and oxygen atoms in total. The summed E-state index contributed by atoms with van der Waals surface area (Å²) >= 11 is 0. The Hall–Kier alpha value is -2.74. The number of nitrogens with zero attached hydrogens (tertiary/aromatic N) is 5. The summed E-state index contributed by atoms with van der Waals surface area (Å²) in [6, 6.07) is 6.38. The van der Waals surface area contributed by atoms with Crippen molar-refractivity contribution < 1.29 is 13.9 Å². The van der Waals surface area contributed by atoms with Crippen LogP contribution >= 0.6 is 0 Å². The maximum Gasteiger partial charge on any atom is 0.206 e. The Morgan fingerprint density at radius 2 is 2.09 bits per heavy atom. The van der Waals surface area contributed by atoms with Crippen LogP contribution in [0, 0.1) is 11.6 Å². The third kappa shape index (κ3) is 2.96. The van der Waals surface area contributed by atoms with Gasteiger partial charge in [0.25, 0.3) is 0 Å². The number of aromatic nitrogens is 5. The smallest absolute Gasteiger partial charge is 0.206 e. The topological polar surface area (TPSA) is 76.7 Å². The van der Waals surface area contributed by atoms with Crippen molar-refractivity contribution in [2.24, 2.45) is 0 Å². The third-order valence-corrected chi connectivity index (χ3v) is 3.03. The first kappa shape index (κ1) is 14.2. The van der Waals surface area contributed by atoms with E-state index < -0.39 is 17.7 Å². The number of aliphatic hydroxyl groups is 1. The zero-order valence-electron chi connectivity index (χ0n) is 11.3. The number of pyridine rings is 1. The molecule has 0 spiro atoms. The molecule has 1 aromatic carbocycles. The maximum absolute atomic E-state index is 13.6. The summed E-state index contributed by atoms with van der Waals surface area (Å²) in [6.45, 7) is -0.145. The van der Waals surface area contributed by atoms with E-state index in [4.69, 9.17) is 0 Å². The van der Waals surface area contributed by atoms with E-state index in [9.17, 15) is 13.9 Å². The molecule has 0 aliphatic rings. The fourth-order valence-electron chi connectivity index (χ4n) is 1.95. The van der Waals surface area contributed by atoms with Gasteiger partial charge in [-0.3, -0.25) is 4.98 Å². The molecule has 2 heterocycles. The molecule has 8 heteroatoms. The Kier molecular flexibility index (Phi) is 3.84. The van der Waals surface area contributed by atoms with Crippen molar-refractivity contribution in [2.45, 2.75) is 12.6 Å². The minimum atomic E-state index is -1.29. The molecule has 1 N–H and O–H groups in total. The summed E-state index contributed by atoms with van der Waals surface area (Å²) in [5.74, 6) is -0.987. The van der Waals surface area contributed by atoms with E-state index in [-0.39, 0.29) is 12.1 Å². The lowest BCUT2D eigenvalue weighted by atomic mass is 10.1. The summed E-state index contributed by atoms with van der Waals surface area (Å²) in [4.78, 5) is 5.06. The van der Waals surface area contributed by atoms with Gasteiger partial charge in [-0.2, -0.15) is 4.80 Å². The standard InChI is InChI=1S/C14H11F2N5O/c15-10-3-4-12(16)11(6-10)13(22)8-21-19-14(18-20-21)9-2-1-5-17-7-9/h1-7,13,22H,8H2/t13-/m0/s1. The molecular formula is C14H11F2N5O. The fourth-order valence-corrected chi connectivity index (χ4v) is 1.95.